The molecular weight excluding hydrogens is 268 g/mol. The van der Waals surface area contributed by atoms with Crippen LogP contribution in [-0.4, -0.2) is 33.3 Å². The maximum atomic E-state index is 12.1. The first-order valence-corrected chi connectivity index (χ1v) is 6.27. The van der Waals surface area contributed by atoms with Crippen LogP contribution in [0.25, 0.3) is 0 Å². The number of hydrogen-bond acceptors (Lipinski definition) is 4. The third kappa shape index (κ3) is 4.29. The lowest BCUT2D eigenvalue weighted by Gasteiger charge is -2.14. The molecule has 0 aliphatic rings. The third-order valence-electron chi connectivity index (χ3n) is 2.63. The topological polar surface area (TPSA) is 73.6 Å². The molecule has 6 heteroatoms. The maximum Gasteiger partial charge on any atom is 0.255 e. The van der Waals surface area contributed by atoms with Crippen LogP contribution in [0.5, 0.6) is 5.75 Å². The molecule has 19 heavy (non-hydrogen) atoms. The number of benzene rings is 1. The zero-order valence-electron chi connectivity index (χ0n) is 11.3. The van der Waals surface area contributed by atoms with Gasteiger partial charge in [-0.1, -0.05) is 18.5 Å². The second kappa shape index (κ2) is 7.21. The van der Waals surface area contributed by atoms with E-state index in [0.717, 1.165) is 0 Å². The lowest BCUT2D eigenvalue weighted by molar-refractivity contribution is 0.0931. The molecule has 0 saturated heterocycles. The summed E-state index contributed by atoms with van der Waals surface area (Å²) in [4.78, 5) is 12.1. The van der Waals surface area contributed by atoms with Gasteiger partial charge in [-0.25, -0.2) is 0 Å². The van der Waals surface area contributed by atoms with Gasteiger partial charge >= 0.3 is 0 Å². The van der Waals surface area contributed by atoms with Crippen LogP contribution in [0.15, 0.2) is 12.1 Å². The van der Waals surface area contributed by atoms with E-state index in [1.807, 2.05) is 6.92 Å². The van der Waals surface area contributed by atoms with Crippen LogP contribution >= 0.6 is 11.6 Å². The molecule has 0 radical (unpaired) electrons. The number of nitrogens with two attached hydrogens (primary N) is 1. The molecule has 1 amide bonds. The summed E-state index contributed by atoms with van der Waals surface area (Å²) in [6.45, 7) is 3.08. The van der Waals surface area contributed by atoms with Crippen molar-refractivity contribution in [3.63, 3.8) is 0 Å². The Balaban J connectivity index is 2.79. The van der Waals surface area contributed by atoms with E-state index < -0.39 is 0 Å². The fraction of sp³-hybridized carbons (Fsp3) is 0.462. The number of anilines is 1. The van der Waals surface area contributed by atoms with Crippen molar-refractivity contribution in [3.8, 4) is 5.75 Å². The molecule has 1 unspecified atom stereocenters. The average Bonchev–Trinajstić information content (AvgIpc) is 2.39. The number of methoxy groups -OCH3 is 2. The van der Waals surface area contributed by atoms with Crippen LogP contribution in [0.1, 0.15) is 17.3 Å². The van der Waals surface area contributed by atoms with Crippen LogP contribution < -0.4 is 15.8 Å². The number of nitrogens with one attached hydrogen (secondary N) is 1. The third-order valence-corrected chi connectivity index (χ3v) is 2.95. The van der Waals surface area contributed by atoms with Crippen molar-refractivity contribution >= 4 is 23.2 Å². The molecule has 106 valence electrons. The van der Waals surface area contributed by atoms with E-state index in [1.165, 1.54) is 19.2 Å². The Bertz CT molecular complexity index is 452. The second-order valence-corrected chi connectivity index (χ2v) is 4.75. The van der Waals surface area contributed by atoms with Gasteiger partial charge in [-0.05, 0) is 12.0 Å². The highest BCUT2D eigenvalue weighted by Gasteiger charge is 2.15. The number of carbonyl (C=O) groups excluding carboxylic acids is 1. The maximum absolute atomic E-state index is 12.1. The molecule has 0 heterocycles. The number of ether oxygens (including phenoxy) is 2. The monoisotopic (exact) mass is 286 g/mol. The number of amides is 1. The molecular formula is C13H19ClN2O3. The number of hydrogen-bond donors (Lipinski definition) is 2. The molecule has 5 nitrogen and oxygen atoms in total. The highest BCUT2D eigenvalue weighted by Crippen LogP contribution is 2.28. The molecule has 1 atom stereocenters. The summed E-state index contributed by atoms with van der Waals surface area (Å²) in [6, 6.07) is 3.04. The fourth-order valence-electron chi connectivity index (χ4n) is 1.62. The van der Waals surface area contributed by atoms with Crippen LogP contribution in [0, 0.1) is 5.92 Å². The summed E-state index contributed by atoms with van der Waals surface area (Å²) < 4.78 is 10.1. The van der Waals surface area contributed by atoms with Gasteiger partial charge in [0.05, 0.1) is 30.0 Å². The van der Waals surface area contributed by atoms with E-state index in [0.29, 0.717) is 35.2 Å². The van der Waals surface area contributed by atoms with Crippen molar-refractivity contribution in [3.05, 3.63) is 22.7 Å². The largest absolute Gasteiger partial charge is 0.496 e. The van der Waals surface area contributed by atoms with E-state index in [-0.39, 0.29) is 11.8 Å². The molecule has 1 aromatic rings. The van der Waals surface area contributed by atoms with Gasteiger partial charge in [0.2, 0.25) is 0 Å². The molecule has 0 saturated carbocycles. The van der Waals surface area contributed by atoms with Crippen LogP contribution in [0.4, 0.5) is 5.69 Å². The average molecular weight is 287 g/mol. The van der Waals surface area contributed by atoms with Gasteiger partial charge in [0.25, 0.3) is 5.91 Å². The highest BCUT2D eigenvalue weighted by atomic mass is 35.5. The lowest BCUT2D eigenvalue weighted by Crippen LogP contribution is -2.30. The summed E-state index contributed by atoms with van der Waals surface area (Å²) >= 11 is 5.92. The zero-order chi connectivity index (χ0) is 14.4. The Morgan fingerprint density at radius 1 is 1.47 bits per heavy atom. The number of nitrogen functional groups attached to an aromatic ring is 1. The second-order valence-electron chi connectivity index (χ2n) is 4.34. The summed E-state index contributed by atoms with van der Waals surface area (Å²) in [5, 5.41) is 3.14. The fourth-order valence-corrected chi connectivity index (χ4v) is 1.78. The molecule has 1 aromatic carbocycles. The van der Waals surface area contributed by atoms with Crippen molar-refractivity contribution in [2.45, 2.75) is 6.92 Å². The Morgan fingerprint density at radius 2 is 2.16 bits per heavy atom. The standard InChI is InChI=1S/C13H19ClN2O3/c1-8(7-18-2)6-16-13(17)9-4-10(14)11(15)5-12(9)19-3/h4-5,8H,6-7,15H2,1-3H3,(H,16,17). The number of rotatable bonds is 6. The smallest absolute Gasteiger partial charge is 0.255 e. The van der Waals surface area contributed by atoms with Crippen molar-refractivity contribution < 1.29 is 14.3 Å². The van der Waals surface area contributed by atoms with Crippen LogP contribution in [0.2, 0.25) is 5.02 Å². The predicted molar refractivity (Wildman–Crippen MR) is 75.8 cm³/mol. The summed E-state index contributed by atoms with van der Waals surface area (Å²) in [7, 11) is 3.11. The van der Waals surface area contributed by atoms with Crippen LogP contribution in [-0.2, 0) is 4.74 Å². The van der Waals surface area contributed by atoms with Gasteiger partial charge < -0.3 is 20.5 Å². The predicted octanol–water partition coefficient (Wildman–Crippen LogP) is 1.94. The van der Waals surface area contributed by atoms with Crippen molar-refractivity contribution in [1.82, 2.24) is 5.32 Å². The van der Waals surface area contributed by atoms with E-state index in [2.05, 4.69) is 5.32 Å². The molecule has 3 N–H and O–H groups in total. The summed E-state index contributed by atoms with van der Waals surface area (Å²) in [6.07, 6.45) is 0. The van der Waals surface area contributed by atoms with E-state index >= 15 is 0 Å². The SMILES string of the molecule is COCC(C)CNC(=O)c1cc(Cl)c(N)cc1OC. The molecule has 1 rings (SSSR count). The van der Waals surface area contributed by atoms with Gasteiger partial charge in [-0.2, -0.15) is 0 Å². The molecule has 0 spiro atoms. The number of halogens is 1. The minimum atomic E-state index is -0.248. The van der Waals surface area contributed by atoms with Gasteiger partial charge in [0.1, 0.15) is 5.75 Å². The highest BCUT2D eigenvalue weighted by molar-refractivity contribution is 6.33. The Morgan fingerprint density at radius 3 is 2.74 bits per heavy atom. The van der Waals surface area contributed by atoms with E-state index in [9.17, 15) is 4.79 Å². The number of carbonyl (C=O) groups is 1. The van der Waals surface area contributed by atoms with Crippen LogP contribution in [0.3, 0.4) is 0 Å². The van der Waals surface area contributed by atoms with E-state index in [1.54, 1.807) is 7.11 Å². The minimum Gasteiger partial charge on any atom is -0.496 e. The quantitative estimate of drug-likeness (QED) is 0.784. The molecule has 0 bridgehead atoms. The van der Waals surface area contributed by atoms with Gasteiger partial charge in [0, 0.05) is 19.7 Å². The van der Waals surface area contributed by atoms with E-state index in [4.69, 9.17) is 26.8 Å². The first kappa shape index (κ1) is 15.6. The summed E-state index contributed by atoms with van der Waals surface area (Å²) in [5.41, 5.74) is 6.41. The molecule has 0 aromatic heterocycles. The first-order valence-electron chi connectivity index (χ1n) is 5.89. The van der Waals surface area contributed by atoms with Gasteiger partial charge in [-0.15, -0.1) is 0 Å². The lowest BCUT2D eigenvalue weighted by atomic mass is 10.1. The Kier molecular flexibility index (Phi) is 5.92. The molecule has 0 fully saturated rings. The van der Waals surface area contributed by atoms with Crippen molar-refractivity contribution in [1.29, 1.82) is 0 Å². The minimum absolute atomic E-state index is 0.226. The zero-order valence-corrected chi connectivity index (χ0v) is 12.1. The summed E-state index contributed by atoms with van der Waals surface area (Å²) in [5.74, 6) is 0.379. The van der Waals surface area contributed by atoms with Crippen molar-refractivity contribution in [2.75, 3.05) is 33.1 Å². The Hall–Kier alpha value is -1.46. The van der Waals surface area contributed by atoms with Gasteiger partial charge in [0.15, 0.2) is 0 Å². The van der Waals surface area contributed by atoms with Crippen molar-refractivity contribution in [2.24, 2.45) is 5.92 Å². The molecule has 0 aliphatic carbocycles. The normalized spacial score (nSPS) is 12.0. The molecule has 0 aliphatic heterocycles. The van der Waals surface area contributed by atoms with Gasteiger partial charge in [-0.3, -0.25) is 4.79 Å². The Labute approximate surface area is 118 Å². The first-order chi connectivity index (χ1) is 8.99.